The molecule has 0 radical (unpaired) electrons. The van der Waals surface area contributed by atoms with Crippen LogP contribution in [0.4, 0.5) is 0 Å². The van der Waals surface area contributed by atoms with Gasteiger partial charge in [-0.05, 0) is 88.7 Å². The summed E-state index contributed by atoms with van der Waals surface area (Å²) >= 11 is 0. The molecule has 0 bridgehead atoms. The van der Waals surface area contributed by atoms with Gasteiger partial charge in [0, 0.05) is 54.3 Å². The summed E-state index contributed by atoms with van der Waals surface area (Å²) in [5, 5.41) is 0. The van der Waals surface area contributed by atoms with E-state index in [2.05, 4.69) is 92.8 Å². The van der Waals surface area contributed by atoms with Gasteiger partial charge in [0.1, 0.15) is 12.2 Å². The van der Waals surface area contributed by atoms with Crippen molar-refractivity contribution in [2.45, 2.75) is 174 Å². The Morgan fingerprint density at radius 1 is 0.737 bits per heavy atom. The van der Waals surface area contributed by atoms with E-state index in [0.717, 1.165) is 63.5 Å². The van der Waals surface area contributed by atoms with Crippen LogP contribution in [0.2, 0.25) is 0 Å². The van der Waals surface area contributed by atoms with Crippen molar-refractivity contribution in [2.24, 2.45) is 5.92 Å². The highest BCUT2D eigenvalue weighted by Crippen LogP contribution is 2.40. The van der Waals surface area contributed by atoms with E-state index in [1.807, 2.05) is 0 Å². The smallest absolute Gasteiger partial charge is 0.309 e. The van der Waals surface area contributed by atoms with Gasteiger partial charge in [-0.1, -0.05) is 39.2 Å². The van der Waals surface area contributed by atoms with Crippen molar-refractivity contribution >= 4 is 5.97 Å². The quantitative estimate of drug-likeness (QED) is 0.136. The number of allylic oxidation sites excluding steroid dienone is 1. The monoisotopic (exact) mass is 534 g/mol. The van der Waals surface area contributed by atoms with Gasteiger partial charge in [0.05, 0.1) is 11.7 Å². The molecule has 0 aliphatic carbocycles. The third kappa shape index (κ3) is 8.98. The first-order valence-electron chi connectivity index (χ1n) is 15.4. The van der Waals surface area contributed by atoms with Gasteiger partial charge in [0.2, 0.25) is 0 Å². The molecule has 2 aliphatic heterocycles. The van der Waals surface area contributed by atoms with Crippen molar-refractivity contribution in [3.8, 4) is 0 Å². The van der Waals surface area contributed by atoms with Crippen molar-refractivity contribution < 1.29 is 14.3 Å². The number of likely N-dealkylation sites (tertiary alicyclic amines) is 2. The Bertz CT molecular complexity index is 749. The summed E-state index contributed by atoms with van der Waals surface area (Å²) in [5.41, 5.74) is 0.335. The maximum Gasteiger partial charge on any atom is 0.309 e. The summed E-state index contributed by atoms with van der Waals surface area (Å²) in [5.74, 6) is 0.986. The van der Waals surface area contributed by atoms with E-state index in [1.54, 1.807) is 0 Å². The van der Waals surface area contributed by atoms with E-state index in [-0.39, 0.29) is 46.3 Å². The van der Waals surface area contributed by atoms with E-state index in [1.165, 1.54) is 19.3 Å². The molecule has 1 atom stereocenters. The number of unbranched alkanes of at least 4 members (excludes halogenated alkanes) is 4. The average Bonchev–Trinajstić information content (AvgIpc) is 2.76. The predicted octanol–water partition coefficient (Wildman–Crippen LogP) is 8.12. The maximum atomic E-state index is 13.0. The second-order valence-corrected chi connectivity index (χ2v) is 14.9. The molecule has 0 aromatic carbocycles. The molecular weight excluding hydrogens is 472 g/mol. The highest BCUT2D eigenvalue weighted by Gasteiger charge is 2.45. The van der Waals surface area contributed by atoms with Crippen molar-refractivity contribution in [1.29, 1.82) is 0 Å². The Hall–Kier alpha value is -1.07. The number of ether oxygens (including phenoxy) is 2. The van der Waals surface area contributed by atoms with Gasteiger partial charge in [0.25, 0.3) is 0 Å². The summed E-state index contributed by atoms with van der Waals surface area (Å²) < 4.78 is 12.4. The van der Waals surface area contributed by atoms with Gasteiger partial charge >= 0.3 is 5.97 Å². The first-order chi connectivity index (χ1) is 17.4. The molecule has 1 unspecified atom stereocenters. The Morgan fingerprint density at radius 2 is 1.13 bits per heavy atom. The van der Waals surface area contributed by atoms with Crippen molar-refractivity contribution in [3.63, 3.8) is 0 Å². The normalized spacial score (nSPS) is 24.6. The third-order valence-corrected chi connectivity index (χ3v) is 9.99. The lowest BCUT2D eigenvalue weighted by Gasteiger charge is -2.53. The molecule has 0 saturated carbocycles. The van der Waals surface area contributed by atoms with Crippen molar-refractivity contribution in [3.05, 3.63) is 12.3 Å². The number of hydrogen-bond acceptors (Lipinski definition) is 5. The molecule has 2 rings (SSSR count). The van der Waals surface area contributed by atoms with Crippen LogP contribution in [-0.4, -0.2) is 64.2 Å². The summed E-state index contributed by atoms with van der Waals surface area (Å²) in [6.07, 6.45) is 12.7. The molecule has 2 heterocycles. The molecule has 0 spiro atoms. The van der Waals surface area contributed by atoms with Gasteiger partial charge in [-0.3, -0.25) is 14.6 Å². The van der Waals surface area contributed by atoms with Crippen LogP contribution >= 0.6 is 0 Å². The van der Waals surface area contributed by atoms with Crippen LogP contribution in [0.25, 0.3) is 0 Å². The molecule has 2 aliphatic rings. The van der Waals surface area contributed by atoms with Crippen LogP contribution in [0.1, 0.15) is 139 Å². The van der Waals surface area contributed by atoms with Gasteiger partial charge in [-0.2, -0.15) is 0 Å². The zero-order valence-corrected chi connectivity index (χ0v) is 27.0. The fourth-order valence-corrected chi connectivity index (χ4v) is 7.01. The van der Waals surface area contributed by atoms with Crippen molar-refractivity contribution in [1.82, 2.24) is 9.80 Å². The van der Waals surface area contributed by atoms with Gasteiger partial charge in [-0.15, -0.1) is 0 Å². The molecule has 222 valence electrons. The molecule has 0 amide bonds. The van der Waals surface area contributed by atoms with Gasteiger partial charge in [0.15, 0.2) is 0 Å². The lowest BCUT2D eigenvalue weighted by atomic mass is 9.78. The number of nitrogens with zero attached hydrogens (tertiary/aromatic N) is 2. The topological polar surface area (TPSA) is 42.0 Å². The number of rotatable bonds is 13. The van der Waals surface area contributed by atoms with Crippen LogP contribution < -0.4 is 0 Å². The first kappa shape index (κ1) is 33.1. The number of esters is 1. The Labute approximate surface area is 236 Å². The molecule has 5 nitrogen and oxygen atoms in total. The van der Waals surface area contributed by atoms with E-state index < -0.39 is 0 Å². The summed E-state index contributed by atoms with van der Waals surface area (Å²) in [6.45, 7) is 24.6. The van der Waals surface area contributed by atoms with E-state index >= 15 is 0 Å². The molecular formula is C33H62N2O3. The largest absolute Gasteiger partial charge is 0.495 e. The molecule has 2 saturated heterocycles. The Morgan fingerprint density at radius 3 is 1.58 bits per heavy atom. The van der Waals surface area contributed by atoms with Gasteiger partial charge < -0.3 is 9.47 Å². The average molecular weight is 535 g/mol. The lowest BCUT2D eigenvalue weighted by Crippen LogP contribution is -2.60. The lowest BCUT2D eigenvalue weighted by molar-refractivity contribution is -0.164. The number of piperidine rings is 2. The molecule has 0 aromatic heterocycles. The minimum Gasteiger partial charge on any atom is -0.495 e. The molecule has 5 heteroatoms. The second kappa shape index (κ2) is 13.1. The summed E-state index contributed by atoms with van der Waals surface area (Å²) in [6, 6.07) is 0. The van der Waals surface area contributed by atoms with E-state index in [4.69, 9.17) is 9.47 Å². The number of carbonyl (C=O) groups is 1. The van der Waals surface area contributed by atoms with E-state index in [9.17, 15) is 4.79 Å². The van der Waals surface area contributed by atoms with Crippen LogP contribution in [0, 0.1) is 5.92 Å². The molecule has 2 fully saturated rings. The number of carbonyl (C=O) groups excluding carboxylic acids is 1. The summed E-state index contributed by atoms with van der Waals surface area (Å²) in [7, 11) is 4.42. The predicted molar refractivity (Wildman–Crippen MR) is 160 cm³/mol. The third-order valence-electron chi connectivity index (χ3n) is 9.99. The van der Waals surface area contributed by atoms with Gasteiger partial charge in [-0.25, -0.2) is 0 Å². The minimum absolute atomic E-state index is 0.0136. The minimum atomic E-state index is 0.0136. The standard InChI is InChI=1S/C33H62N2O3/c1-13-26(29(36)38-28-23-32(7,8)35(12)33(9,10)24-28)20-18-16-14-15-17-19-25(2)37-27-21-30(3,4)34(11)31(5,6)22-27/h26-28H,2,13-24H2,1,3-12H3. The SMILES string of the molecule is C=C(CCCCCCCC(CC)C(=O)OC1CC(C)(C)N(C)C(C)(C)C1)OC1CC(C)(C)N(C)C(C)(C)C1. The van der Waals surface area contributed by atoms with Crippen molar-refractivity contribution in [2.75, 3.05) is 14.1 Å². The van der Waals surface area contributed by atoms with E-state index in [0.29, 0.717) is 0 Å². The van der Waals surface area contributed by atoms with Crippen LogP contribution in [-0.2, 0) is 14.3 Å². The summed E-state index contributed by atoms with van der Waals surface area (Å²) in [4.78, 5) is 17.9. The van der Waals surface area contributed by atoms with Crippen LogP contribution in [0.15, 0.2) is 12.3 Å². The second-order valence-electron chi connectivity index (χ2n) is 14.9. The Kier molecular flexibility index (Phi) is 11.4. The Balaban J connectivity index is 1.64. The fraction of sp³-hybridized carbons (Fsp3) is 0.909. The maximum absolute atomic E-state index is 13.0. The van der Waals surface area contributed by atoms with Crippen LogP contribution in [0.5, 0.6) is 0 Å². The fourth-order valence-electron chi connectivity index (χ4n) is 7.01. The highest BCUT2D eigenvalue weighted by atomic mass is 16.5. The zero-order valence-electron chi connectivity index (χ0n) is 27.0. The first-order valence-corrected chi connectivity index (χ1v) is 15.4. The highest BCUT2D eigenvalue weighted by molar-refractivity contribution is 5.72. The molecule has 0 aromatic rings. The van der Waals surface area contributed by atoms with Crippen LogP contribution in [0.3, 0.4) is 0 Å². The zero-order chi connectivity index (χ0) is 28.9. The molecule has 0 N–H and O–H groups in total. The number of hydrogen-bond donors (Lipinski definition) is 0. The molecule has 38 heavy (non-hydrogen) atoms.